The van der Waals surface area contributed by atoms with Gasteiger partial charge in [-0.1, -0.05) is 15.9 Å². The van der Waals surface area contributed by atoms with Gasteiger partial charge in [0.25, 0.3) is 5.91 Å². The summed E-state index contributed by atoms with van der Waals surface area (Å²) in [6.45, 7) is 1.32. The van der Waals surface area contributed by atoms with Gasteiger partial charge in [-0.3, -0.25) is 10.1 Å². The number of urea groups is 1. The Morgan fingerprint density at radius 1 is 1.00 bits per heavy atom. The van der Waals surface area contributed by atoms with Gasteiger partial charge < -0.3 is 14.8 Å². The largest absolute Gasteiger partial charge is 0.490 e. The number of amides is 3. The van der Waals surface area contributed by atoms with Crippen molar-refractivity contribution in [1.29, 1.82) is 0 Å². The van der Waals surface area contributed by atoms with Crippen molar-refractivity contribution in [1.82, 2.24) is 10.6 Å². The first-order valence-electron chi connectivity index (χ1n) is 8.98. The summed E-state index contributed by atoms with van der Waals surface area (Å²) in [5, 5.41) is 5.23. The molecule has 2 spiro atoms. The smallest absolute Gasteiger partial charge is 0.322 e. The Morgan fingerprint density at radius 2 is 1.69 bits per heavy atom. The standard InChI is InChI=1S/C19H19BrN2O4/c20-15-9-11-8-13-14(26-7-1-6-25-13)10-12(11)18(15)2-4-19(5-3-18)16(23)21-17(24)22-19/h8-10H,1-7H2,(H2,21,22,23,24). The number of halogens is 1. The second-order valence-corrected chi connectivity index (χ2v) is 8.36. The Hall–Kier alpha value is -2.02. The Balaban J connectivity index is 1.50. The van der Waals surface area contributed by atoms with Crippen molar-refractivity contribution in [2.24, 2.45) is 0 Å². The molecule has 1 aromatic carbocycles. The van der Waals surface area contributed by atoms with E-state index >= 15 is 0 Å². The molecule has 4 aliphatic rings. The highest BCUT2D eigenvalue weighted by atomic mass is 79.9. The lowest BCUT2D eigenvalue weighted by Gasteiger charge is -2.42. The Kier molecular flexibility index (Phi) is 3.41. The van der Waals surface area contributed by atoms with Crippen LogP contribution in [0.1, 0.15) is 43.2 Å². The summed E-state index contributed by atoms with van der Waals surface area (Å²) in [5.41, 5.74) is 1.42. The number of benzene rings is 1. The van der Waals surface area contributed by atoms with Crippen molar-refractivity contribution in [3.8, 4) is 11.5 Å². The molecule has 3 amide bonds. The van der Waals surface area contributed by atoms with Gasteiger partial charge in [-0.25, -0.2) is 4.79 Å². The van der Waals surface area contributed by atoms with E-state index < -0.39 is 5.54 Å². The topological polar surface area (TPSA) is 76.7 Å². The summed E-state index contributed by atoms with van der Waals surface area (Å²) >= 11 is 3.78. The van der Waals surface area contributed by atoms with Gasteiger partial charge in [0.15, 0.2) is 11.5 Å². The second-order valence-electron chi connectivity index (χ2n) is 7.50. The van der Waals surface area contributed by atoms with Crippen LogP contribution in [0.15, 0.2) is 16.6 Å². The van der Waals surface area contributed by atoms with E-state index in [1.54, 1.807) is 0 Å². The van der Waals surface area contributed by atoms with E-state index in [9.17, 15) is 9.59 Å². The van der Waals surface area contributed by atoms with Crippen molar-refractivity contribution in [3.05, 3.63) is 27.7 Å². The maximum absolute atomic E-state index is 12.3. The lowest BCUT2D eigenvalue weighted by Crippen LogP contribution is -2.52. The summed E-state index contributed by atoms with van der Waals surface area (Å²) in [6.07, 6.45) is 5.81. The molecule has 2 N–H and O–H groups in total. The molecule has 136 valence electrons. The summed E-state index contributed by atoms with van der Waals surface area (Å²) < 4.78 is 12.8. The van der Waals surface area contributed by atoms with Crippen LogP contribution in [0.5, 0.6) is 11.5 Å². The van der Waals surface area contributed by atoms with Gasteiger partial charge in [-0.05, 0) is 55.0 Å². The Bertz CT molecular complexity index is 855. The third-order valence-corrected chi connectivity index (χ3v) is 7.13. The minimum absolute atomic E-state index is 0.168. The van der Waals surface area contributed by atoms with Crippen molar-refractivity contribution in [3.63, 3.8) is 0 Å². The molecular formula is C19H19BrN2O4. The molecule has 1 aromatic rings. The number of carbonyl (C=O) groups is 2. The van der Waals surface area contributed by atoms with E-state index in [4.69, 9.17) is 9.47 Å². The van der Waals surface area contributed by atoms with Gasteiger partial charge in [0, 0.05) is 16.3 Å². The fourth-order valence-electron chi connectivity index (χ4n) is 4.65. The molecule has 2 heterocycles. The van der Waals surface area contributed by atoms with Gasteiger partial charge in [0.05, 0.1) is 13.2 Å². The molecule has 0 bridgehead atoms. The van der Waals surface area contributed by atoms with E-state index in [1.165, 1.54) is 5.56 Å². The highest BCUT2D eigenvalue weighted by molar-refractivity contribution is 9.11. The zero-order valence-corrected chi connectivity index (χ0v) is 15.8. The Labute approximate surface area is 159 Å². The van der Waals surface area contributed by atoms with Crippen molar-refractivity contribution in [2.45, 2.75) is 43.1 Å². The van der Waals surface area contributed by atoms with Crippen LogP contribution in [0, 0.1) is 0 Å². The van der Waals surface area contributed by atoms with Gasteiger partial charge in [0.1, 0.15) is 5.54 Å². The van der Waals surface area contributed by atoms with E-state index in [0.717, 1.165) is 40.8 Å². The first-order valence-corrected chi connectivity index (χ1v) is 9.77. The SMILES string of the molecule is O=C1NC(=O)C2(CCC3(CC2)C(Br)=Cc2cc4c(cc23)OCCCO4)N1. The van der Waals surface area contributed by atoms with Gasteiger partial charge in [-0.2, -0.15) is 0 Å². The van der Waals surface area contributed by atoms with Gasteiger partial charge in [-0.15, -0.1) is 0 Å². The Morgan fingerprint density at radius 3 is 2.35 bits per heavy atom. The maximum Gasteiger partial charge on any atom is 0.322 e. The van der Waals surface area contributed by atoms with Crippen LogP contribution >= 0.6 is 15.9 Å². The summed E-state index contributed by atoms with van der Waals surface area (Å²) in [4.78, 5) is 23.9. The predicted molar refractivity (Wildman–Crippen MR) is 98.5 cm³/mol. The van der Waals surface area contributed by atoms with E-state index in [-0.39, 0.29) is 17.4 Å². The molecule has 0 aromatic heterocycles. The second kappa shape index (κ2) is 5.49. The fraction of sp³-hybridized carbons (Fsp3) is 0.474. The van der Waals surface area contributed by atoms with Crippen molar-refractivity contribution in [2.75, 3.05) is 13.2 Å². The van der Waals surface area contributed by atoms with E-state index in [1.807, 2.05) is 0 Å². The zero-order chi connectivity index (χ0) is 17.9. The molecular weight excluding hydrogens is 400 g/mol. The first-order chi connectivity index (χ1) is 12.5. The normalized spacial score (nSPS) is 32.1. The number of hydrogen-bond acceptors (Lipinski definition) is 4. The summed E-state index contributed by atoms with van der Waals surface area (Å²) in [6, 6.07) is 3.77. The number of nitrogens with one attached hydrogen (secondary N) is 2. The van der Waals surface area contributed by atoms with Crippen LogP contribution in [-0.2, 0) is 10.2 Å². The lowest BCUT2D eigenvalue weighted by molar-refractivity contribution is -0.125. The molecule has 2 aliphatic carbocycles. The van der Waals surface area contributed by atoms with Crippen molar-refractivity contribution >= 4 is 33.9 Å². The van der Waals surface area contributed by atoms with Crippen LogP contribution in [0.2, 0.25) is 0 Å². The highest BCUT2D eigenvalue weighted by Crippen LogP contribution is 2.56. The average Bonchev–Trinajstić information content (AvgIpc) is 2.91. The average molecular weight is 419 g/mol. The molecule has 2 aliphatic heterocycles. The minimum atomic E-state index is -0.760. The quantitative estimate of drug-likeness (QED) is 0.634. The molecule has 2 fully saturated rings. The maximum atomic E-state index is 12.3. The van der Waals surface area contributed by atoms with Gasteiger partial charge in [0.2, 0.25) is 0 Å². The third-order valence-electron chi connectivity index (χ3n) is 6.15. The molecule has 1 saturated heterocycles. The third kappa shape index (κ3) is 2.16. The monoisotopic (exact) mass is 418 g/mol. The van der Waals surface area contributed by atoms with Crippen molar-refractivity contribution < 1.29 is 19.1 Å². The summed E-state index contributed by atoms with van der Waals surface area (Å²) in [7, 11) is 0. The number of rotatable bonds is 0. The van der Waals surface area contributed by atoms with Crippen LogP contribution in [-0.4, -0.2) is 30.7 Å². The van der Waals surface area contributed by atoms with Crippen LogP contribution in [0.3, 0.4) is 0 Å². The molecule has 7 heteroatoms. The lowest BCUT2D eigenvalue weighted by atomic mass is 9.65. The zero-order valence-electron chi connectivity index (χ0n) is 14.2. The van der Waals surface area contributed by atoms with Crippen LogP contribution in [0.25, 0.3) is 6.08 Å². The van der Waals surface area contributed by atoms with Gasteiger partial charge >= 0.3 is 6.03 Å². The number of carbonyl (C=O) groups excluding carboxylic acids is 2. The van der Waals surface area contributed by atoms with Crippen LogP contribution < -0.4 is 20.1 Å². The number of imide groups is 1. The molecule has 0 atom stereocenters. The molecule has 26 heavy (non-hydrogen) atoms. The molecule has 1 saturated carbocycles. The molecule has 0 unspecified atom stereocenters. The number of allylic oxidation sites excluding steroid dienone is 1. The fourth-order valence-corrected chi connectivity index (χ4v) is 5.51. The van der Waals surface area contributed by atoms with E-state index in [0.29, 0.717) is 26.1 Å². The number of fused-ring (bicyclic) bond motifs is 3. The minimum Gasteiger partial charge on any atom is -0.490 e. The van der Waals surface area contributed by atoms with E-state index in [2.05, 4.69) is 44.8 Å². The van der Waals surface area contributed by atoms with Crippen LogP contribution in [0.4, 0.5) is 4.79 Å². The number of hydrogen-bond donors (Lipinski definition) is 2. The highest BCUT2D eigenvalue weighted by Gasteiger charge is 2.54. The molecule has 5 rings (SSSR count). The molecule has 0 radical (unpaired) electrons. The molecule has 6 nitrogen and oxygen atoms in total. The first kappa shape index (κ1) is 16.2. The number of ether oxygens (including phenoxy) is 2. The summed E-state index contributed by atoms with van der Waals surface area (Å²) in [5.74, 6) is 1.39. The predicted octanol–water partition coefficient (Wildman–Crippen LogP) is 2.99.